The highest BCUT2D eigenvalue weighted by molar-refractivity contribution is 7.10. The third kappa shape index (κ3) is 4.21. The Balaban J connectivity index is 1.80. The SMILES string of the molecule is COCCN1C(=O)c2ccccc2[C@@H](C(=O)Nc2ccc(F)cc2Cl)[C@@H]1c1cccs1. The van der Waals surface area contributed by atoms with Crippen LogP contribution in [0.4, 0.5) is 10.1 Å². The molecule has 0 bridgehead atoms. The topological polar surface area (TPSA) is 58.6 Å². The minimum Gasteiger partial charge on any atom is -0.383 e. The molecule has 31 heavy (non-hydrogen) atoms. The van der Waals surface area contributed by atoms with Crippen LogP contribution in [0.2, 0.25) is 5.02 Å². The van der Waals surface area contributed by atoms with Crippen molar-refractivity contribution in [2.75, 3.05) is 25.6 Å². The number of carbonyl (C=O) groups is 2. The number of benzene rings is 2. The summed E-state index contributed by atoms with van der Waals surface area (Å²) in [5.41, 5.74) is 1.45. The van der Waals surface area contributed by atoms with Gasteiger partial charge in [0.05, 0.1) is 29.3 Å². The molecule has 1 N–H and O–H groups in total. The molecule has 2 atom stereocenters. The third-order valence-electron chi connectivity index (χ3n) is 5.28. The van der Waals surface area contributed by atoms with Crippen molar-refractivity contribution in [2.45, 2.75) is 12.0 Å². The van der Waals surface area contributed by atoms with Crippen molar-refractivity contribution in [1.82, 2.24) is 4.90 Å². The second-order valence-corrected chi connectivity index (χ2v) is 8.52. The molecule has 0 aliphatic carbocycles. The molecule has 2 aromatic carbocycles. The van der Waals surface area contributed by atoms with Gasteiger partial charge in [0.1, 0.15) is 5.82 Å². The average Bonchev–Trinajstić information content (AvgIpc) is 3.29. The molecule has 0 spiro atoms. The first kappa shape index (κ1) is 21.5. The van der Waals surface area contributed by atoms with Gasteiger partial charge in [0.15, 0.2) is 0 Å². The molecule has 4 rings (SSSR count). The molecule has 0 saturated heterocycles. The summed E-state index contributed by atoms with van der Waals surface area (Å²) in [6.07, 6.45) is 0. The van der Waals surface area contributed by atoms with Gasteiger partial charge in [-0.05, 0) is 41.3 Å². The summed E-state index contributed by atoms with van der Waals surface area (Å²) in [5, 5.41) is 4.86. The highest BCUT2D eigenvalue weighted by atomic mass is 35.5. The lowest BCUT2D eigenvalue weighted by atomic mass is 9.81. The number of ether oxygens (including phenoxy) is 1. The zero-order valence-electron chi connectivity index (χ0n) is 16.7. The van der Waals surface area contributed by atoms with E-state index in [9.17, 15) is 14.0 Å². The summed E-state index contributed by atoms with van der Waals surface area (Å²) in [7, 11) is 1.57. The monoisotopic (exact) mass is 458 g/mol. The Morgan fingerprint density at radius 1 is 1.23 bits per heavy atom. The number of thiophene rings is 1. The molecule has 1 aliphatic heterocycles. The first-order valence-electron chi connectivity index (χ1n) is 9.69. The van der Waals surface area contributed by atoms with E-state index in [0.717, 1.165) is 10.9 Å². The zero-order chi connectivity index (χ0) is 22.0. The maximum Gasteiger partial charge on any atom is 0.254 e. The number of rotatable bonds is 6. The van der Waals surface area contributed by atoms with Gasteiger partial charge in [-0.2, -0.15) is 0 Å². The summed E-state index contributed by atoms with van der Waals surface area (Å²) in [6.45, 7) is 0.682. The molecular weight excluding hydrogens is 439 g/mol. The summed E-state index contributed by atoms with van der Waals surface area (Å²) in [4.78, 5) is 29.5. The van der Waals surface area contributed by atoms with E-state index in [-0.39, 0.29) is 16.8 Å². The van der Waals surface area contributed by atoms with E-state index in [1.807, 2.05) is 23.6 Å². The number of amides is 2. The molecule has 0 unspecified atom stereocenters. The molecule has 5 nitrogen and oxygen atoms in total. The quantitative estimate of drug-likeness (QED) is 0.558. The van der Waals surface area contributed by atoms with Crippen LogP contribution in [0.15, 0.2) is 60.0 Å². The molecule has 0 radical (unpaired) electrons. The predicted octanol–water partition coefficient (Wildman–Crippen LogP) is 5.11. The Labute approximate surface area is 188 Å². The van der Waals surface area contributed by atoms with Crippen molar-refractivity contribution in [3.05, 3.63) is 86.8 Å². The standard InChI is InChI=1S/C23H20ClFN2O3S/c1-30-11-10-27-21(19-7-4-12-31-19)20(15-5-2-3-6-16(15)23(27)29)22(28)26-18-9-8-14(25)13-17(18)24/h2-9,12-13,20-21H,10-11H2,1H3,(H,26,28)/t20-,21+/m1/s1. The van der Waals surface area contributed by atoms with Crippen molar-refractivity contribution < 1.29 is 18.7 Å². The summed E-state index contributed by atoms with van der Waals surface area (Å²) in [5.74, 6) is -1.63. The molecule has 1 aliphatic rings. The van der Waals surface area contributed by atoms with Crippen molar-refractivity contribution >= 4 is 40.4 Å². The van der Waals surface area contributed by atoms with Crippen LogP contribution in [-0.4, -0.2) is 37.0 Å². The van der Waals surface area contributed by atoms with Crippen LogP contribution in [-0.2, 0) is 9.53 Å². The van der Waals surface area contributed by atoms with E-state index in [4.69, 9.17) is 16.3 Å². The molecule has 2 amide bonds. The summed E-state index contributed by atoms with van der Waals surface area (Å²) in [6, 6.07) is 14.3. The Kier molecular flexibility index (Phi) is 6.36. The van der Waals surface area contributed by atoms with Gasteiger partial charge in [-0.3, -0.25) is 9.59 Å². The van der Waals surface area contributed by atoms with Crippen LogP contribution >= 0.6 is 22.9 Å². The Hall–Kier alpha value is -2.74. The lowest BCUT2D eigenvalue weighted by molar-refractivity contribution is -0.119. The van der Waals surface area contributed by atoms with Crippen LogP contribution < -0.4 is 5.32 Å². The highest BCUT2D eigenvalue weighted by Crippen LogP contribution is 2.44. The van der Waals surface area contributed by atoms with Gasteiger partial charge in [-0.15, -0.1) is 11.3 Å². The van der Waals surface area contributed by atoms with Crippen LogP contribution in [0.3, 0.4) is 0 Å². The number of hydrogen-bond acceptors (Lipinski definition) is 4. The van der Waals surface area contributed by atoms with E-state index in [1.54, 1.807) is 30.2 Å². The zero-order valence-corrected chi connectivity index (χ0v) is 18.3. The van der Waals surface area contributed by atoms with E-state index in [1.165, 1.54) is 23.5 Å². The van der Waals surface area contributed by atoms with Gasteiger partial charge >= 0.3 is 0 Å². The van der Waals surface area contributed by atoms with Crippen molar-refractivity contribution in [3.8, 4) is 0 Å². The van der Waals surface area contributed by atoms with E-state index in [0.29, 0.717) is 30.0 Å². The number of hydrogen-bond donors (Lipinski definition) is 1. The fourth-order valence-corrected chi connectivity index (χ4v) is 4.98. The smallest absolute Gasteiger partial charge is 0.254 e. The van der Waals surface area contributed by atoms with E-state index < -0.39 is 17.8 Å². The van der Waals surface area contributed by atoms with Gasteiger partial charge in [0.25, 0.3) is 5.91 Å². The van der Waals surface area contributed by atoms with Gasteiger partial charge in [-0.1, -0.05) is 35.9 Å². The van der Waals surface area contributed by atoms with Crippen molar-refractivity contribution in [2.24, 2.45) is 0 Å². The van der Waals surface area contributed by atoms with Gasteiger partial charge in [-0.25, -0.2) is 4.39 Å². The van der Waals surface area contributed by atoms with Crippen LogP contribution in [0.1, 0.15) is 32.8 Å². The molecular formula is C23H20ClFN2O3S. The van der Waals surface area contributed by atoms with Gasteiger partial charge < -0.3 is 15.0 Å². The minimum absolute atomic E-state index is 0.109. The van der Waals surface area contributed by atoms with Gasteiger partial charge in [0.2, 0.25) is 5.91 Å². The number of anilines is 1. The first-order chi connectivity index (χ1) is 15.0. The Morgan fingerprint density at radius 3 is 2.74 bits per heavy atom. The molecule has 160 valence electrons. The highest BCUT2D eigenvalue weighted by Gasteiger charge is 2.44. The second-order valence-electron chi connectivity index (χ2n) is 7.13. The van der Waals surface area contributed by atoms with Crippen LogP contribution in [0.25, 0.3) is 0 Å². The van der Waals surface area contributed by atoms with Crippen LogP contribution in [0, 0.1) is 5.82 Å². The number of fused-ring (bicyclic) bond motifs is 1. The molecule has 0 saturated carbocycles. The molecule has 1 aromatic heterocycles. The predicted molar refractivity (Wildman–Crippen MR) is 119 cm³/mol. The number of carbonyl (C=O) groups excluding carboxylic acids is 2. The first-order valence-corrected chi connectivity index (χ1v) is 10.9. The number of nitrogens with zero attached hydrogens (tertiary/aromatic N) is 1. The number of methoxy groups -OCH3 is 1. The number of nitrogens with one attached hydrogen (secondary N) is 1. The fraction of sp³-hybridized carbons (Fsp3) is 0.217. The van der Waals surface area contributed by atoms with Crippen molar-refractivity contribution in [1.29, 1.82) is 0 Å². The summed E-state index contributed by atoms with van der Waals surface area (Å²) < 4.78 is 18.7. The Bertz CT molecular complexity index is 1110. The molecule has 2 heterocycles. The fourth-order valence-electron chi connectivity index (χ4n) is 3.89. The lowest BCUT2D eigenvalue weighted by Crippen LogP contribution is -2.47. The van der Waals surface area contributed by atoms with E-state index >= 15 is 0 Å². The molecule has 8 heteroatoms. The maximum absolute atomic E-state index is 13.6. The largest absolute Gasteiger partial charge is 0.383 e. The lowest BCUT2D eigenvalue weighted by Gasteiger charge is -2.41. The number of halogens is 2. The van der Waals surface area contributed by atoms with Crippen molar-refractivity contribution in [3.63, 3.8) is 0 Å². The Morgan fingerprint density at radius 2 is 2.03 bits per heavy atom. The van der Waals surface area contributed by atoms with Crippen LogP contribution in [0.5, 0.6) is 0 Å². The molecule has 0 fully saturated rings. The van der Waals surface area contributed by atoms with E-state index in [2.05, 4.69) is 5.32 Å². The summed E-state index contributed by atoms with van der Waals surface area (Å²) >= 11 is 7.62. The average molecular weight is 459 g/mol. The normalized spacial score (nSPS) is 18.0. The minimum atomic E-state index is -0.675. The molecule has 3 aromatic rings. The third-order valence-corrected chi connectivity index (χ3v) is 6.54. The van der Waals surface area contributed by atoms with Gasteiger partial charge in [0, 0.05) is 24.1 Å². The maximum atomic E-state index is 13.6. The second kappa shape index (κ2) is 9.18.